The summed E-state index contributed by atoms with van der Waals surface area (Å²) in [5.41, 5.74) is 0.786. The van der Waals surface area contributed by atoms with E-state index in [1.807, 2.05) is 30.3 Å². The van der Waals surface area contributed by atoms with Gasteiger partial charge in [-0.15, -0.1) is 0 Å². The van der Waals surface area contributed by atoms with Gasteiger partial charge in [-0.1, -0.05) is 48.5 Å². The minimum atomic E-state index is -4.07. The third-order valence-corrected chi connectivity index (χ3v) is 6.52. The van der Waals surface area contributed by atoms with Crippen molar-refractivity contribution in [3.8, 4) is 0 Å². The van der Waals surface area contributed by atoms with Crippen LogP contribution < -0.4 is 0 Å². The molecular formula is C23H25NO7S. The standard InChI is InChI=1S/C23H25NO7S/c1-3-29-23(26)20-14-15-24(32(27,28)19-12-8-5-9-13-19)22(21(20)31-17(2)25)30-16-18-10-6-4-7-11-18/h4-15,20-22H,3,16H2,1-2H3/t20-,21-,22-/m0/s1. The van der Waals surface area contributed by atoms with Crippen LogP contribution in [-0.4, -0.2) is 43.6 Å². The van der Waals surface area contributed by atoms with E-state index in [0.29, 0.717) is 0 Å². The number of nitrogens with zero attached hydrogens (tertiary/aromatic N) is 1. The quantitative estimate of drug-likeness (QED) is 0.560. The molecule has 2 aromatic carbocycles. The normalized spacial score (nSPS) is 20.6. The van der Waals surface area contributed by atoms with Crippen molar-refractivity contribution in [1.29, 1.82) is 0 Å². The summed E-state index contributed by atoms with van der Waals surface area (Å²) < 4.78 is 44.2. The van der Waals surface area contributed by atoms with Crippen LogP contribution >= 0.6 is 0 Å². The summed E-state index contributed by atoms with van der Waals surface area (Å²) in [6.07, 6.45) is 0.0936. The third-order valence-electron chi connectivity index (χ3n) is 4.77. The average molecular weight is 460 g/mol. The molecule has 0 aliphatic carbocycles. The highest BCUT2D eigenvalue weighted by Gasteiger charge is 2.46. The van der Waals surface area contributed by atoms with Crippen molar-refractivity contribution in [2.24, 2.45) is 5.92 Å². The topological polar surface area (TPSA) is 99.2 Å². The summed E-state index contributed by atoms with van der Waals surface area (Å²) in [6, 6.07) is 16.9. The Hall–Kier alpha value is -3.17. The van der Waals surface area contributed by atoms with E-state index in [-0.39, 0.29) is 18.1 Å². The van der Waals surface area contributed by atoms with Gasteiger partial charge < -0.3 is 14.2 Å². The maximum atomic E-state index is 13.4. The average Bonchev–Trinajstić information content (AvgIpc) is 2.79. The summed E-state index contributed by atoms with van der Waals surface area (Å²) in [7, 11) is -4.07. The Bertz CT molecular complexity index is 1050. The molecule has 1 aliphatic rings. The molecule has 0 saturated carbocycles. The highest BCUT2D eigenvalue weighted by Crippen LogP contribution is 2.31. The molecule has 0 spiro atoms. The fraction of sp³-hybridized carbons (Fsp3) is 0.304. The van der Waals surface area contributed by atoms with Crippen molar-refractivity contribution in [3.63, 3.8) is 0 Å². The van der Waals surface area contributed by atoms with Crippen LogP contribution in [0.1, 0.15) is 19.4 Å². The van der Waals surface area contributed by atoms with E-state index in [4.69, 9.17) is 14.2 Å². The Balaban J connectivity index is 2.03. The van der Waals surface area contributed by atoms with E-state index >= 15 is 0 Å². The Morgan fingerprint density at radius 2 is 1.62 bits per heavy atom. The molecule has 8 nitrogen and oxygen atoms in total. The largest absolute Gasteiger partial charge is 0.465 e. The van der Waals surface area contributed by atoms with E-state index in [1.165, 1.54) is 31.3 Å². The second kappa shape index (κ2) is 10.4. The maximum absolute atomic E-state index is 13.4. The highest BCUT2D eigenvalue weighted by molar-refractivity contribution is 7.89. The number of rotatable bonds is 8. The summed E-state index contributed by atoms with van der Waals surface area (Å²) in [5.74, 6) is -2.34. The number of carbonyl (C=O) groups is 2. The van der Waals surface area contributed by atoms with E-state index in [2.05, 4.69) is 0 Å². The molecular weight excluding hydrogens is 434 g/mol. The van der Waals surface area contributed by atoms with Crippen LogP contribution in [0.15, 0.2) is 77.8 Å². The molecule has 2 aromatic rings. The molecule has 0 N–H and O–H groups in total. The lowest BCUT2D eigenvalue weighted by molar-refractivity contribution is -0.178. The molecule has 32 heavy (non-hydrogen) atoms. The smallest absolute Gasteiger partial charge is 0.316 e. The number of esters is 2. The van der Waals surface area contributed by atoms with E-state index < -0.39 is 40.2 Å². The first-order valence-corrected chi connectivity index (χ1v) is 11.5. The Kier molecular flexibility index (Phi) is 7.66. The van der Waals surface area contributed by atoms with Crippen molar-refractivity contribution in [1.82, 2.24) is 4.31 Å². The molecule has 0 fully saturated rings. The predicted octanol–water partition coefficient (Wildman–Crippen LogP) is 2.86. The van der Waals surface area contributed by atoms with Crippen molar-refractivity contribution in [3.05, 3.63) is 78.5 Å². The number of ether oxygens (including phenoxy) is 3. The summed E-state index contributed by atoms with van der Waals surface area (Å²) >= 11 is 0. The first-order valence-electron chi connectivity index (χ1n) is 10.1. The molecule has 0 aromatic heterocycles. The molecule has 1 aliphatic heterocycles. The van der Waals surface area contributed by atoms with Crippen LogP contribution in [0.4, 0.5) is 0 Å². The van der Waals surface area contributed by atoms with Gasteiger partial charge in [-0.05, 0) is 30.7 Å². The Morgan fingerprint density at radius 3 is 2.22 bits per heavy atom. The van der Waals surface area contributed by atoms with Crippen LogP contribution in [0.25, 0.3) is 0 Å². The minimum absolute atomic E-state index is 0.0352. The van der Waals surface area contributed by atoms with Gasteiger partial charge in [0, 0.05) is 13.1 Å². The van der Waals surface area contributed by atoms with Gasteiger partial charge in [0.05, 0.1) is 18.1 Å². The zero-order valence-corrected chi connectivity index (χ0v) is 18.6. The Morgan fingerprint density at radius 1 is 1.00 bits per heavy atom. The molecule has 0 amide bonds. The van der Waals surface area contributed by atoms with E-state index in [9.17, 15) is 18.0 Å². The van der Waals surface area contributed by atoms with Crippen molar-refractivity contribution >= 4 is 22.0 Å². The monoisotopic (exact) mass is 459 g/mol. The van der Waals surface area contributed by atoms with Crippen LogP contribution in [0.5, 0.6) is 0 Å². The van der Waals surface area contributed by atoms with Crippen LogP contribution in [-0.2, 0) is 40.4 Å². The van der Waals surface area contributed by atoms with Gasteiger partial charge in [-0.3, -0.25) is 9.59 Å². The first-order chi connectivity index (χ1) is 15.3. The molecule has 0 radical (unpaired) electrons. The van der Waals surface area contributed by atoms with Gasteiger partial charge in [0.1, 0.15) is 5.92 Å². The SMILES string of the molecule is CCOC(=O)[C@H]1C=CN(S(=O)(=O)c2ccccc2)[C@@H](OCc2ccccc2)[C@H]1OC(C)=O. The summed E-state index contributed by atoms with van der Waals surface area (Å²) in [4.78, 5) is 24.4. The molecule has 3 rings (SSSR count). The molecule has 3 atom stereocenters. The van der Waals surface area contributed by atoms with E-state index in [0.717, 1.165) is 9.87 Å². The number of carbonyl (C=O) groups excluding carboxylic acids is 2. The van der Waals surface area contributed by atoms with Gasteiger partial charge in [-0.2, -0.15) is 0 Å². The van der Waals surface area contributed by atoms with Crippen LogP contribution in [0.3, 0.4) is 0 Å². The van der Waals surface area contributed by atoms with Crippen molar-refractivity contribution in [2.45, 2.75) is 37.7 Å². The zero-order chi connectivity index (χ0) is 23.1. The molecule has 0 saturated heterocycles. The molecule has 0 unspecified atom stereocenters. The number of sulfonamides is 1. The third kappa shape index (κ3) is 5.35. The summed E-state index contributed by atoms with van der Waals surface area (Å²) in [5, 5.41) is 0. The molecule has 170 valence electrons. The molecule has 1 heterocycles. The van der Waals surface area contributed by atoms with Gasteiger partial charge in [0.15, 0.2) is 12.3 Å². The zero-order valence-electron chi connectivity index (χ0n) is 17.8. The number of hydrogen-bond donors (Lipinski definition) is 0. The maximum Gasteiger partial charge on any atom is 0.316 e. The van der Waals surface area contributed by atoms with E-state index in [1.54, 1.807) is 25.1 Å². The summed E-state index contributed by atoms with van der Waals surface area (Å²) in [6.45, 7) is 3.00. The number of benzene rings is 2. The number of hydrogen-bond acceptors (Lipinski definition) is 7. The van der Waals surface area contributed by atoms with Gasteiger partial charge >= 0.3 is 11.9 Å². The Labute approximate surface area is 187 Å². The predicted molar refractivity (Wildman–Crippen MR) is 115 cm³/mol. The van der Waals surface area contributed by atoms with Crippen LogP contribution in [0, 0.1) is 5.92 Å². The molecule has 9 heteroatoms. The van der Waals surface area contributed by atoms with Gasteiger partial charge in [0.25, 0.3) is 10.0 Å². The van der Waals surface area contributed by atoms with Gasteiger partial charge in [0.2, 0.25) is 0 Å². The lowest BCUT2D eigenvalue weighted by Crippen LogP contribution is -2.54. The molecule has 0 bridgehead atoms. The lowest BCUT2D eigenvalue weighted by Gasteiger charge is -2.39. The highest BCUT2D eigenvalue weighted by atomic mass is 32.2. The fourth-order valence-electron chi connectivity index (χ4n) is 3.32. The minimum Gasteiger partial charge on any atom is -0.465 e. The van der Waals surface area contributed by atoms with Gasteiger partial charge in [-0.25, -0.2) is 12.7 Å². The van der Waals surface area contributed by atoms with Crippen molar-refractivity contribution in [2.75, 3.05) is 6.61 Å². The second-order valence-corrected chi connectivity index (χ2v) is 8.87. The lowest BCUT2D eigenvalue weighted by atomic mass is 9.98. The fourth-order valence-corrected chi connectivity index (χ4v) is 4.75. The van der Waals surface area contributed by atoms with Crippen molar-refractivity contribution < 1.29 is 32.2 Å². The van der Waals surface area contributed by atoms with Crippen LogP contribution in [0.2, 0.25) is 0 Å². The second-order valence-electron chi connectivity index (χ2n) is 7.03. The first kappa shape index (κ1) is 23.5.